The van der Waals surface area contributed by atoms with E-state index in [4.69, 9.17) is 11.6 Å². The van der Waals surface area contributed by atoms with Gasteiger partial charge in [0.2, 0.25) is 0 Å². The molecule has 0 saturated heterocycles. The number of benzene rings is 1. The van der Waals surface area contributed by atoms with Crippen LogP contribution in [0.4, 0.5) is 5.69 Å². The Morgan fingerprint density at radius 3 is 2.50 bits per heavy atom. The van der Waals surface area contributed by atoms with Gasteiger partial charge in [-0.15, -0.1) is 0 Å². The molecule has 94 valence electrons. The molecule has 0 aliphatic heterocycles. The van der Waals surface area contributed by atoms with Crippen LogP contribution in [0.3, 0.4) is 0 Å². The van der Waals surface area contributed by atoms with Gasteiger partial charge >= 0.3 is 0 Å². The lowest BCUT2D eigenvalue weighted by atomic mass is 10.2. The number of hydrogen-bond donors (Lipinski definition) is 1. The Labute approximate surface area is 111 Å². The summed E-state index contributed by atoms with van der Waals surface area (Å²) in [5, 5.41) is 3.85. The summed E-state index contributed by atoms with van der Waals surface area (Å²) in [6.07, 6.45) is 0. The monoisotopic (exact) mass is 262 g/mol. The predicted molar refractivity (Wildman–Crippen MR) is 75.2 cm³/mol. The Bertz CT molecular complexity index is 602. The molecule has 0 atom stereocenters. The van der Waals surface area contributed by atoms with Gasteiger partial charge in [-0.3, -0.25) is 4.79 Å². The fourth-order valence-corrected chi connectivity index (χ4v) is 1.79. The summed E-state index contributed by atoms with van der Waals surface area (Å²) >= 11 is 5.82. The van der Waals surface area contributed by atoms with Crippen molar-refractivity contribution in [2.75, 3.05) is 5.32 Å². The summed E-state index contributed by atoms with van der Waals surface area (Å²) in [5.41, 5.74) is 2.63. The number of aryl methyl sites for hydroxylation is 1. The Morgan fingerprint density at radius 1 is 1.17 bits per heavy atom. The number of anilines is 1. The van der Waals surface area contributed by atoms with Crippen LogP contribution < -0.4 is 10.9 Å². The molecule has 0 bridgehead atoms. The molecule has 0 amide bonds. The molecular formula is C14H15ClN2O. The van der Waals surface area contributed by atoms with Crippen molar-refractivity contribution >= 4 is 17.3 Å². The lowest BCUT2D eigenvalue weighted by molar-refractivity contribution is 0.818. The molecule has 1 heterocycles. The van der Waals surface area contributed by atoms with Crippen LogP contribution in [-0.4, -0.2) is 4.57 Å². The van der Waals surface area contributed by atoms with E-state index in [2.05, 4.69) is 5.32 Å². The number of hydrogen-bond acceptors (Lipinski definition) is 2. The second-order valence-corrected chi connectivity index (χ2v) is 4.67. The normalized spacial score (nSPS) is 10.4. The second kappa shape index (κ2) is 5.27. The van der Waals surface area contributed by atoms with Crippen LogP contribution in [-0.2, 0) is 13.6 Å². The van der Waals surface area contributed by atoms with Crippen molar-refractivity contribution < 1.29 is 0 Å². The number of nitrogens with zero attached hydrogens (tertiary/aromatic N) is 1. The molecule has 0 aliphatic rings. The minimum Gasteiger partial charge on any atom is -0.377 e. The van der Waals surface area contributed by atoms with Crippen molar-refractivity contribution in [2.24, 2.45) is 7.05 Å². The maximum atomic E-state index is 11.9. The molecule has 18 heavy (non-hydrogen) atoms. The van der Waals surface area contributed by atoms with E-state index in [1.807, 2.05) is 43.3 Å². The minimum absolute atomic E-state index is 0.0102. The molecule has 0 aliphatic carbocycles. The Hall–Kier alpha value is -1.74. The highest BCUT2D eigenvalue weighted by Gasteiger charge is 2.02. The van der Waals surface area contributed by atoms with Gasteiger partial charge in [0, 0.05) is 24.3 Å². The number of aromatic nitrogens is 1. The van der Waals surface area contributed by atoms with E-state index < -0.39 is 0 Å². The summed E-state index contributed by atoms with van der Waals surface area (Å²) in [6, 6.07) is 11.3. The predicted octanol–water partition coefficient (Wildman–Crippen LogP) is 2.96. The van der Waals surface area contributed by atoms with E-state index in [9.17, 15) is 4.79 Å². The molecule has 2 aromatic rings. The zero-order chi connectivity index (χ0) is 13.1. The van der Waals surface area contributed by atoms with E-state index in [0.717, 1.165) is 11.3 Å². The number of halogens is 1. The Balaban J connectivity index is 2.14. The zero-order valence-electron chi connectivity index (χ0n) is 10.4. The first-order chi connectivity index (χ1) is 8.58. The van der Waals surface area contributed by atoms with Crippen LogP contribution in [0.1, 0.15) is 11.3 Å². The van der Waals surface area contributed by atoms with Crippen molar-refractivity contribution in [1.82, 2.24) is 4.57 Å². The SMILES string of the molecule is Cc1ccc(NCc2ccc(Cl)cc2)c(=O)n1C. The van der Waals surface area contributed by atoms with Crippen LogP contribution in [0.15, 0.2) is 41.2 Å². The standard InChI is InChI=1S/C14H15ClN2O/c1-10-3-8-13(14(18)17(10)2)16-9-11-4-6-12(15)7-5-11/h3-8,16H,9H2,1-2H3. The molecule has 0 saturated carbocycles. The summed E-state index contributed by atoms with van der Waals surface area (Å²) in [5.74, 6) is 0. The Morgan fingerprint density at radius 2 is 1.83 bits per heavy atom. The third-order valence-corrected chi connectivity index (χ3v) is 3.20. The molecule has 3 nitrogen and oxygen atoms in total. The first kappa shape index (κ1) is 12.7. The summed E-state index contributed by atoms with van der Waals surface area (Å²) in [7, 11) is 1.77. The fourth-order valence-electron chi connectivity index (χ4n) is 1.66. The van der Waals surface area contributed by atoms with Gasteiger partial charge in [-0.05, 0) is 36.8 Å². The molecule has 0 radical (unpaired) electrons. The summed E-state index contributed by atoms with van der Waals surface area (Å²) < 4.78 is 1.63. The van der Waals surface area contributed by atoms with Crippen molar-refractivity contribution in [3.8, 4) is 0 Å². The van der Waals surface area contributed by atoms with Crippen molar-refractivity contribution in [2.45, 2.75) is 13.5 Å². The average Bonchev–Trinajstić information content (AvgIpc) is 2.37. The van der Waals surface area contributed by atoms with Crippen molar-refractivity contribution in [3.05, 3.63) is 63.0 Å². The molecule has 1 aromatic heterocycles. The van der Waals surface area contributed by atoms with Crippen LogP contribution in [0.5, 0.6) is 0 Å². The minimum atomic E-state index is -0.0102. The third kappa shape index (κ3) is 2.74. The second-order valence-electron chi connectivity index (χ2n) is 4.23. The van der Waals surface area contributed by atoms with Crippen LogP contribution in [0.2, 0.25) is 5.02 Å². The molecule has 4 heteroatoms. The van der Waals surface area contributed by atoms with Gasteiger partial charge in [-0.25, -0.2) is 0 Å². The van der Waals surface area contributed by atoms with Crippen molar-refractivity contribution in [3.63, 3.8) is 0 Å². The first-order valence-corrected chi connectivity index (χ1v) is 6.10. The maximum Gasteiger partial charge on any atom is 0.273 e. The summed E-state index contributed by atoms with van der Waals surface area (Å²) in [4.78, 5) is 11.9. The molecular weight excluding hydrogens is 248 g/mol. The number of nitrogens with one attached hydrogen (secondary N) is 1. The van der Waals surface area contributed by atoms with Crippen molar-refractivity contribution in [1.29, 1.82) is 0 Å². The maximum absolute atomic E-state index is 11.9. The van der Waals surface area contributed by atoms with E-state index in [1.165, 1.54) is 0 Å². The highest BCUT2D eigenvalue weighted by molar-refractivity contribution is 6.30. The van der Waals surface area contributed by atoms with Gasteiger partial charge in [0.15, 0.2) is 0 Å². The quantitative estimate of drug-likeness (QED) is 0.923. The zero-order valence-corrected chi connectivity index (χ0v) is 11.2. The molecule has 1 aromatic carbocycles. The number of pyridine rings is 1. The molecule has 0 unspecified atom stereocenters. The van der Waals surface area contributed by atoms with Gasteiger partial charge in [0.1, 0.15) is 5.69 Å². The lowest BCUT2D eigenvalue weighted by Gasteiger charge is -2.09. The molecule has 0 spiro atoms. The molecule has 0 fully saturated rings. The van der Waals surface area contributed by atoms with E-state index in [-0.39, 0.29) is 5.56 Å². The van der Waals surface area contributed by atoms with Crippen LogP contribution >= 0.6 is 11.6 Å². The first-order valence-electron chi connectivity index (χ1n) is 5.73. The van der Waals surface area contributed by atoms with Gasteiger partial charge in [-0.2, -0.15) is 0 Å². The third-order valence-electron chi connectivity index (χ3n) is 2.95. The van der Waals surface area contributed by atoms with E-state index in [1.54, 1.807) is 11.6 Å². The number of rotatable bonds is 3. The highest BCUT2D eigenvalue weighted by Crippen LogP contribution is 2.11. The topological polar surface area (TPSA) is 34.0 Å². The van der Waals surface area contributed by atoms with Gasteiger partial charge < -0.3 is 9.88 Å². The van der Waals surface area contributed by atoms with Crippen LogP contribution in [0.25, 0.3) is 0 Å². The van der Waals surface area contributed by atoms with E-state index in [0.29, 0.717) is 17.3 Å². The lowest BCUT2D eigenvalue weighted by Crippen LogP contribution is -2.22. The van der Waals surface area contributed by atoms with Crippen LogP contribution in [0, 0.1) is 6.92 Å². The highest BCUT2D eigenvalue weighted by atomic mass is 35.5. The van der Waals surface area contributed by atoms with Gasteiger partial charge in [0.05, 0.1) is 0 Å². The summed E-state index contributed by atoms with van der Waals surface area (Å²) in [6.45, 7) is 2.51. The smallest absolute Gasteiger partial charge is 0.273 e. The fraction of sp³-hybridized carbons (Fsp3) is 0.214. The van der Waals surface area contributed by atoms with Gasteiger partial charge in [0.25, 0.3) is 5.56 Å². The van der Waals surface area contributed by atoms with Gasteiger partial charge in [-0.1, -0.05) is 23.7 Å². The largest absolute Gasteiger partial charge is 0.377 e. The molecule has 1 N–H and O–H groups in total. The Kier molecular flexibility index (Phi) is 3.72. The van der Waals surface area contributed by atoms with E-state index >= 15 is 0 Å². The average molecular weight is 263 g/mol. The molecule has 2 rings (SSSR count).